The Balaban J connectivity index is 1.95. The van der Waals surface area contributed by atoms with Crippen LogP contribution in [0.25, 0.3) is 11.3 Å². The fourth-order valence-electron chi connectivity index (χ4n) is 2.73. The number of hydrogen-bond donors (Lipinski definition) is 0. The van der Waals surface area contributed by atoms with E-state index in [1.807, 2.05) is 18.2 Å². The lowest BCUT2D eigenvalue weighted by molar-refractivity contribution is 0.287. The molecule has 0 radical (unpaired) electrons. The van der Waals surface area contributed by atoms with E-state index in [0.29, 0.717) is 29.7 Å². The Hall–Kier alpha value is -1.43. The van der Waals surface area contributed by atoms with Crippen LogP contribution in [0.2, 0.25) is 5.02 Å². The first-order valence-electron chi connectivity index (χ1n) is 7.70. The van der Waals surface area contributed by atoms with Crippen LogP contribution in [-0.4, -0.2) is 30.8 Å². The van der Waals surface area contributed by atoms with E-state index in [0.717, 1.165) is 18.4 Å². The molecule has 4 nitrogen and oxygen atoms in total. The third kappa shape index (κ3) is 3.42. The maximum absolute atomic E-state index is 12.8. The molecule has 6 heteroatoms. The molecule has 0 unspecified atom stereocenters. The predicted octanol–water partition coefficient (Wildman–Crippen LogP) is 3.82. The summed E-state index contributed by atoms with van der Waals surface area (Å²) in [5.41, 5.74) is 1.31. The van der Waals surface area contributed by atoms with Crippen LogP contribution in [-0.2, 0) is 10.0 Å². The predicted molar refractivity (Wildman–Crippen MR) is 91.8 cm³/mol. The molecule has 1 aromatic heterocycles. The molecule has 0 bridgehead atoms. The normalized spacial score (nSPS) is 17.3. The van der Waals surface area contributed by atoms with Gasteiger partial charge in [-0.15, -0.1) is 0 Å². The number of hydrogen-bond acceptors (Lipinski definition) is 3. The lowest BCUT2D eigenvalue weighted by atomic mass is 10.0. The van der Waals surface area contributed by atoms with Gasteiger partial charge in [0.1, 0.15) is 0 Å². The van der Waals surface area contributed by atoms with Gasteiger partial charge >= 0.3 is 0 Å². The van der Waals surface area contributed by atoms with Crippen molar-refractivity contribution in [1.29, 1.82) is 0 Å². The number of piperidine rings is 1. The Bertz CT molecular complexity index is 800. The topological polar surface area (TPSA) is 50.3 Å². The number of rotatable bonds is 3. The van der Waals surface area contributed by atoms with Gasteiger partial charge in [-0.2, -0.15) is 4.31 Å². The van der Waals surface area contributed by atoms with Crippen molar-refractivity contribution in [1.82, 2.24) is 9.29 Å². The third-order valence-corrected chi connectivity index (χ3v) is 6.35. The first kappa shape index (κ1) is 16.4. The van der Waals surface area contributed by atoms with Gasteiger partial charge in [-0.05, 0) is 37.0 Å². The SMILES string of the molecule is CC1CCN(S(=O)(=O)c2cccc(-c3ccccc3Cl)n2)CC1. The van der Waals surface area contributed by atoms with E-state index in [-0.39, 0.29) is 5.03 Å². The van der Waals surface area contributed by atoms with E-state index < -0.39 is 10.0 Å². The maximum Gasteiger partial charge on any atom is 0.260 e. The second kappa shape index (κ2) is 6.59. The van der Waals surface area contributed by atoms with Crippen LogP contribution in [0.15, 0.2) is 47.5 Å². The molecular weight excluding hydrogens is 332 g/mol. The average Bonchev–Trinajstić information content (AvgIpc) is 2.56. The summed E-state index contributed by atoms with van der Waals surface area (Å²) in [6, 6.07) is 12.3. The quantitative estimate of drug-likeness (QED) is 0.845. The first-order valence-corrected chi connectivity index (χ1v) is 9.52. The van der Waals surface area contributed by atoms with Gasteiger partial charge in [0.15, 0.2) is 5.03 Å². The van der Waals surface area contributed by atoms with Gasteiger partial charge in [0.2, 0.25) is 0 Å². The highest BCUT2D eigenvalue weighted by Crippen LogP contribution is 2.28. The summed E-state index contributed by atoms with van der Waals surface area (Å²) in [6.07, 6.45) is 1.78. The Labute approximate surface area is 142 Å². The zero-order valence-corrected chi connectivity index (χ0v) is 14.5. The number of pyridine rings is 1. The van der Waals surface area contributed by atoms with Crippen molar-refractivity contribution >= 4 is 21.6 Å². The number of aromatic nitrogens is 1. The molecule has 1 saturated heterocycles. The van der Waals surface area contributed by atoms with Crippen LogP contribution in [0, 0.1) is 5.92 Å². The Morgan fingerprint density at radius 2 is 1.78 bits per heavy atom. The second-order valence-electron chi connectivity index (χ2n) is 5.93. The van der Waals surface area contributed by atoms with Crippen molar-refractivity contribution in [3.63, 3.8) is 0 Å². The van der Waals surface area contributed by atoms with Crippen molar-refractivity contribution in [2.75, 3.05) is 13.1 Å². The van der Waals surface area contributed by atoms with Crippen LogP contribution < -0.4 is 0 Å². The molecule has 0 aliphatic carbocycles. The molecule has 0 amide bonds. The summed E-state index contributed by atoms with van der Waals surface area (Å²) in [5.74, 6) is 0.573. The molecule has 1 aliphatic rings. The van der Waals surface area contributed by atoms with Gasteiger partial charge < -0.3 is 0 Å². The van der Waals surface area contributed by atoms with Crippen LogP contribution in [0.1, 0.15) is 19.8 Å². The van der Waals surface area contributed by atoms with E-state index in [1.54, 1.807) is 24.3 Å². The summed E-state index contributed by atoms with van der Waals surface area (Å²) >= 11 is 6.19. The van der Waals surface area contributed by atoms with Crippen LogP contribution in [0.3, 0.4) is 0 Å². The number of halogens is 1. The zero-order chi connectivity index (χ0) is 16.4. The van der Waals surface area contributed by atoms with E-state index in [9.17, 15) is 8.42 Å². The minimum absolute atomic E-state index is 0.0875. The smallest absolute Gasteiger partial charge is 0.235 e. The molecule has 3 rings (SSSR count). The molecule has 0 atom stereocenters. The molecule has 1 fully saturated rings. The van der Waals surface area contributed by atoms with Crippen LogP contribution >= 0.6 is 11.6 Å². The maximum atomic E-state index is 12.8. The first-order chi connectivity index (χ1) is 11.0. The van der Waals surface area contributed by atoms with Gasteiger partial charge in [-0.1, -0.05) is 42.8 Å². The van der Waals surface area contributed by atoms with E-state index in [2.05, 4.69) is 11.9 Å². The fraction of sp³-hybridized carbons (Fsp3) is 0.353. The summed E-state index contributed by atoms with van der Waals surface area (Å²) in [5, 5.41) is 0.644. The Kier molecular flexibility index (Phi) is 4.71. The molecule has 0 spiro atoms. The lowest BCUT2D eigenvalue weighted by Gasteiger charge is -2.29. The Morgan fingerprint density at radius 1 is 1.09 bits per heavy atom. The van der Waals surface area contributed by atoms with Gasteiger partial charge in [-0.25, -0.2) is 13.4 Å². The standard InChI is InChI=1S/C17H19ClN2O2S/c1-13-9-11-20(12-10-13)23(21,22)17-8-4-7-16(19-17)14-5-2-3-6-15(14)18/h2-8,13H,9-12H2,1H3. The van der Waals surface area contributed by atoms with Crippen LogP contribution in [0.5, 0.6) is 0 Å². The minimum atomic E-state index is -3.55. The van der Waals surface area contributed by atoms with E-state index >= 15 is 0 Å². The van der Waals surface area contributed by atoms with Crippen molar-refractivity contribution in [3.8, 4) is 11.3 Å². The molecule has 1 aliphatic heterocycles. The largest absolute Gasteiger partial charge is 0.260 e. The molecular formula is C17H19ClN2O2S. The molecule has 1 aromatic carbocycles. The summed E-state index contributed by atoms with van der Waals surface area (Å²) < 4.78 is 27.1. The fourth-order valence-corrected chi connectivity index (χ4v) is 4.39. The second-order valence-corrected chi connectivity index (χ2v) is 8.22. The molecule has 23 heavy (non-hydrogen) atoms. The summed E-state index contributed by atoms with van der Waals surface area (Å²) in [4.78, 5) is 4.36. The minimum Gasteiger partial charge on any atom is -0.235 e. The third-order valence-electron chi connectivity index (χ3n) is 4.22. The van der Waals surface area contributed by atoms with Crippen molar-refractivity contribution < 1.29 is 8.42 Å². The molecule has 0 saturated carbocycles. The van der Waals surface area contributed by atoms with Crippen molar-refractivity contribution in [2.24, 2.45) is 5.92 Å². The lowest BCUT2D eigenvalue weighted by Crippen LogP contribution is -2.38. The number of benzene rings is 1. The van der Waals surface area contributed by atoms with Crippen molar-refractivity contribution in [2.45, 2.75) is 24.8 Å². The van der Waals surface area contributed by atoms with Gasteiger partial charge in [0.25, 0.3) is 10.0 Å². The Morgan fingerprint density at radius 3 is 2.48 bits per heavy atom. The zero-order valence-electron chi connectivity index (χ0n) is 12.9. The molecule has 0 N–H and O–H groups in total. The van der Waals surface area contributed by atoms with E-state index in [4.69, 9.17) is 11.6 Å². The molecule has 2 heterocycles. The van der Waals surface area contributed by atoms with Crippen LogP contribution in [0.4, 0.5) is 0 Å². The highest BCUT2D eigenvalue weighted by Gasteiger charge is 2.29. The molecule has 122 valence electrons. The highest BCUT2D eigenvalue weighted by atomic mass is 35.5. The average molecular weight is 351 g/mol. The number of nitrogens with zero attached hydrogens (tertiary/aromatic N) is 2. The van der Waals surface area contributed by atoms with Gasteiger partial charge in [-0.3, -0.25) is 0 Å². The summed E-state index contributed by atoms with van der Waals surface area (Å²) in [7, 11) is -3.55. The van der Waals surface area contributed by atoms with Gasteiger partial charge in [0, 0.05) is 23.7 Å². The van der Waals surface area contributed by atoms with Gasteiger partial charge in [0.05, 0.1) is 5.69 Å². The highest BCUT2D eigenvalue weighted by molar-refractivity contribution is 7.89. The van der Waals surface area contributed by atoms with E-state index in [1.165, 1.54) is 4.31 Å². The monoisotopic (exact) mass is 350 g/mol. The molecule has 2 aromatic rings. The van der Waals surface area contributed by atoms with Crippen molar-refractivity contribution in [3.05, 3.63) is 47.5 Å². The summed E-state index contributed by atoms with van der Waals surface area (Å²) in [6.45, 7) is 3.27. The number of sulfonamides is 1.